The SMILES string of the molecule is O=C(NNC(=S)NC(=O)c1cc([N+](=O)[O-])ccc1Br)c1cccs1. The number of rotatable bonds is 3. The summed E-state index contributed by atoms with van der Waals surface area (Å²) in [5.74, 6) is -1.06. The summed E-state index contributed by atoms with van der Waals surface area (Å²) < 4.78 is 0.371. The summed E-state index contributed by atoms with van der Waals surface area (Å²) >= 11 is 9.29. The molecule has 24 heavy (non-hydrogen) atoms. The molecule has 0 unspecified atom stereocenters. The molecule has 2 amide bonds. The van der Waals surface area contributed by atoms with Crippen LogP contribution in [-0.4, -0.2) is 21.9 Å². The van der Waals surface area contributed by atoms with Crippen LogP contribution in [0.1, 0.15) is 20.0 Å². The number of hydrogen-bond acceptors (Lipinski definition) is 6. The minimum absolute atomic E-state index is 0.0398. The lowest BCUT2D eigenvalue weighted by molar-refractivity contribution is -0.384. The number of thiocarbonyl (C=S) groups is 1. The molecule has 0 aliphatic rings. The Balaban J connectivity index is 1.96. The second kappa shape index (κ2) is 7.95. The van der Waals surface area contributed by atoms with Gasteiger partial charge in [0.05, 0.1) is 15.4 Å². The number of amides is 2. The molecule has 0 bridgehead atoms. The van der Waals surface area contributed by atoms with E-state index in [1.165, 1.54) is 23.5 Å². The molecule has 124 valence electrons. The zero-order valence-electron chi connectivity index (χ0n) is 11.7. The second-order valence-electron chi connectivity index (χ2n) is 4.26. The van der Waals surface area contributed by atoms with Gasteiger partial charge in [-0.2, -0.15) is 0 Å². The molecule has 3 N–H and O–H groups in total. The molecule has 1 aromatic heterocycles. The van der Waals surface area contributed by atoms with Crippen molar-refractivity contribution in [2.75, 3.05) is 0 Å². The molecule has 11 heteroatoms. The Labute approximate surface area is 153 Å². The number of hydrazine groups is 1. The molecule has 0 atom stereocenters. The maximum absolute atomic E-state index is 12.1. The van der Waals surface area contributed by atoms with Gasteiger partial charge in [0.1, 0.15) is 0 Å². The Morgan fingerprint density at radius 1 is 1.21 bits per heavy atom. The Hall–Kier alpha value is -2.37. The van der Waals surface area contributed by atoms with Gasteiger partial charge in [0.2, 0.25) is 0 Å². The van der Waals surface area contributed by atoms with E-state index in [4.69, 9.17) is 12.2 Å². The first kappa shape index (κ1) is 18.0. The molecule has 2 rings (SSSR count). The summed E-state index contributed by atoms with van der Waals surface area (Å²) in [6, 6.07) is 7.12. The van der Waals surface area contributed by atoms with Crippen LogP contribution in [0.2, 0.25) is 0 Å². The van der Waals surface area contributed by atoms with Gasteiger partial charge in [0, 0.05) is 16.6 Å². The monoisotopic (exact) mass is 428 g/mol. The minimum atomic E-state index is -0.659. The summed E-state index contributed by atoms with van der Waals surface area (Å²) in [5, 5.41) is 14.7. The van der Waals surface area contributed by atoms with Crippen LogP contribution in [0, 0.1) is 10.1 Å². The van der Waals surface area contributed by atoms with Gasteiger partial charge in [-0.15, -0.1) is 11.3 Å². The van der Waals surface area contributed by atoms with E-state index in [1.807, 2.05) is 0 Å². The van der Waals surface area contributed by atoms with Gasteiger partial charge < -0.3 is 0 Å². The molecule has 0 aliphatic heterocycles. The fraction of sp³-hybridized carbons (Fsp3) is 0. The number of nitrogens with zero attached hydrogens (tertiary/aromatic N) is 1. The number of nitrogens with one attached hydrogen (secondary N) is 3. The van der Waals surface area contributed by atoms with Gasteiger partial charge in [0.25, 0.3) is 17.5 Å². The number of halogens is 1. The third-order valence-corrected chi connectivity index (χ3v) is 4.43. The van der Waals surface area contributed by atoms with E-state index in [2.05, 4.69) is 32.1 Å². The highest BCUT2D eigenvalue weighted by molar-refractivity contribution is 9.10. The second-order valence-corrected chi connectivity index (χ2v) is 6.47. The Bertz CT molecular complexity index is 810. The van der Waals surface area contributed by atoms with Crippen molar-refractivity contribution in [3.8, 4) is 0 Å². The zero-order valence-corrected chi connectivity index (χ0v) is 15.0. The molecule has 0 radical (unpaired) electrons. The molecule has 2 aromatic rings. The fourth-order valence-corrected chi connectivity index (χ4v) is 2.77. The van der Waals surface area contributed by atoms with Crippen molar-refractivity contribution >= 4 is 62.1 Å². The van der Waals surface area contributed by atoms with Crippen LogP contribution in [0.4, 0.5) is 5.69 Å². The van der Waals surface area contributed by atoms with E-state index in [0.29, 0.717) is 9.35 Å². The summed E-state index contributed by atoms with van der Waals surface area (Å²) in [5.41, 5.74) is 4.53. The number of hydrogen-bond donors (Lipinski definition) is 3. The minimum Gasteiger partial charge on any atom is -0.298 e. The fourth-order valence-electron chi connectivity index (χ4n) is 1.59. The predicted molar refractivity (Wildman–Crippen MR) is 95.8 cm³/mol. The summed E-state index contributed by atoms with van der Waals surface area (Å²) in [4.78, 5) is 34.5. The van der Waals surface area contributed by atoms with E-state index >= 15 is 0 Å². The van der Waals surface area contributed by atoms with Crippen molar-refractivity contribution < 1.29 is 14.5 Å². The lowest BCUT2D eigenvalue weighted by Gasteiger charge is -2.10. The number of non-ortho nitro benzene ring substituents is 1. The molecular weight excluding hydrogens is 420 g/mol. The standard InChI is InChI=1S/C13H9BrN4O4S2/c14-9-4-3-7(18(21)22)6-8(9)11(19)15-13(23)17-16-12(20)10-2-1-5-24-10/h1-6H,(H,16,20)(H2,15,17,19,23). The first-order valence-electron chi connectivity index (χ1n) is 6.27. The number of thiophene rings is 1. The van der Waals surface area contributed by atoms with Crippen molar-refractivity contribution in [2.45, 2.75) is 0 Å². The van der Waals surface area contributed by atoms with Crippen LogP contribution >= 0.6 is 39.5 Å². The van der Waals surface area contributed by atoms with E-state index in [0.717, 1.165) is 6.07 Å². The van der Waals surface area contributed by atoms with Crippen LogP contribution in [-0.2, 0) is 0 Å². The van der Waals surface area contributed by atoms with Gasteiger partial charge in [-0.25, -0.2) is 0 Å². The van der Waals surface area contributed by atoms with Gasteiger partial charge in [0.15, 0.2) is 5.11 Å². The summed E-state index contributed by atoms with van der Waals surface area (Å²) in [6.07, 6.45) is 0. The van der Waals surface area contributed by atoms with E-state index in [-0.39, 0.29) is 16.4 Å². The molecule has 0 aliphatic carbocycles. The van der Waals surface area contributed by atoms with Crippen LogP contribution in [0.15, 0.2) is 40.2 Å². The van der Waals surface area contributed by atoms with Crippen LogP contribution < -0.4 is 16.2 Å². The topological polar surface area (TPSA) is 113 Å². The largest absolute Gasteiger partial charge is 0.298 e. The lowest BCUT2D eigenvalue weighted by Crippen LogP contribution is -2.48. The maximum Gasteiger partial charge on any atom is 0.279 e. The Morgan fingerprint density at radius 2 is 1.96 bits per heavy atom. The van der Waals surface area contributed by atoms with Crippen LogP contribution in [0.5, 0.6) is 0 Å². The van der Waals surface area contributed by atoms with Crippen molar-refractivity contribution in [1.29, 1.82) is 0 Å². The quantitative estimate of drug-likeness (QED) is 0.392. The summed E-state index contributed by atoms with van der Waals surface area (Å²) in [6.45, 7) is 0. The third-order valence-electron chi connectivity index (χ3n) is 2.67. The molecule has 8 nitrogen and oxygen atoms in total. The molecule has 0 fully saturated rings. The lowest BCUT2D eigenvalue weighted by atomic mass is 10.2. The van der Waals surface area contributed by atoms with E-state index in [1.54, 1.807) is 17.5 Å². The van der Waals surface area contributed by atoms with Gasteiger partial charge in [-0.1, -0.05) is 6.07 Å². The van der Waals surface area contributed by atoms with Crippen LogP contribution in [0.25, 0.3) is 0 Å². The van der Waals surface area contributed by atoms with Crippen molar-refractivity contribution in [3.05, 3.63) is 60.7 Å². The van der Waals surface area contributed by atoms with Crippen molar-refractivity contribution in [1.82, 2.24) is 16.2 Å². The highest BCUT2D eigenvalue weighted by Crippen LogP contribution is 2.22. The van der Waals surface area contributed by atoms with Crippen LogP contribution in [0.3, 0.4) is 0 Å². The molecule has 0 spiro atoms. The van der Waals surface area contributed by atoms with Crippen molar-refractivity contribution in [3.63, 3.8) is 0 Å². The number of carbonyl (C=O) groups excluding carboxylic acids is 2. The number of carbonyl (C=O) groups is 2. The first-order valence-corrected chi connectivity index (χ1v) is 8.35. The van der Waals surface area contributed by atoms with E-state index in [9.17, 15) is 19.7 Å². The molecule has 0 saturated heterocycles. The normalized spacial score (nSPS) is 9.88. The maximum atomic E-state index is 12.1. The average molecular weight is 429 g/mol. The third kappa shape index (κ3) is 4.57. The smallest absolute Gasteiger partial charge is 0.279 e. The zero-order chi connectivity index (χ0) is 17.7. The average Bonchev–Trinajstić information content (AvgIpc) is 3.07. The van der Waals surface area contributed by atoms with Gasteiger partial charge in [-0.3, -0.25) is 35.9 Å². The first-order chi connectivity index (χ1) is 11.4. The Kier molecular flexibility index (Phi) is 5.95. The summed E-state index contributed by atoms with van der Waals surface area (Å²) in [7, 11) is 0. The number of benzene rings is 1. The van der Waals surface area contributed by atoms with Gasteiger partial charge in [-0.05, 0) is 45.7 Å². The molecular formula is C13H9BrN4O4S2. The highest BCUT2D eigenvalue weighted by Gasteiger charge is 2.16. The molecule has 1 aromatic carbocycles. The Morgan fingerprint density at radius 3 is 2.58 bits per heavy atom. The van der Waals surface area contributed by atoms with Gasteiger partial charge >= 0.3 is 0 Å². The molecule has 1 heterocycles. The predicted octanol–water partition coefficient (Wildman–Crippen LogP) is 2.37. The van der Waals surface area contributed by atoms with E-state index < -0.39 is 16.7 Å². The molecule has 0 saturated carbocycles. The number of nitro groups is 1. The highest BCUT2D eigenvalue weighted by atomic mass is 79.9. The van der Waals surface area contributed by atoms with Crippen molar-refractivity contribution in [2.24, 2.45) is 0 Å². The number of nitro benzene ring substituents is 1.